The minimum absolute atomic E-state index is 0.0266. The number of halogens is 1. The Morgan fingerprint density at radius 2 is 1.96 bits per heavy atom. The third kappa shape index (κ3) is 4.18. The molecule has 0 fully saturated rings. The summed E-state index contributed by atoms with van der Waals surface area (Å²) in [5.74, 6) is -0.912. The Hall–Kier alpha value is -3.37. The normalized spacial score (nSPS) is 10.3. The number of hydrogen-bond donors (Lipinski definition) is 1. The number of hydrogen-bond acceptors (Lipinski definition) is 5. The summed E-state index contributed by atoms with van der Waals surface area (Å²) in [5.41, 5.74) is 2.15. The van der Waals surface area contributed by atoms with E-state index in [1.54, 1.807) is 47.1 Å². The number of rotatable bonds is 5. The molecule has 0 saturated carbocycles. The molecule has 1 aromatic carbocycles. The van der Waals surface area contributed by atoms with Crippen LogP contribution in [-0.2, 0) is 16.1 Å². The molecule has 1 N–H and O–H groups in total. The zero-order chi connectivity index (χ0) is 18.5. The van der Waals surface area contributed by atoms with Crippen molar-refractivity contribution in [1.29, 1.82) is 5.26 Å². The molecule has 3 rings (SSSR count). The second-order valence-corrected chi connectivity index (χ2v) is 5.82. The van der Waals surface area contributed by atoms with Crippen molar-refractivity contribution >= 4 is 34.8 Å². The van der Waals surface area contributed by atoms with Crippen molar-refractivity contribution in [2.75, 3.05) is 5.32 Å². The maximum atomic E-state index is 12.1. The molecular weight excluding hydrogens is 356 g/mol. The number of fused-ring (bicyclic) bond motifs is 1. The maximum Gasteiger partial charge on any atom is 0.338 e. The SMILES string of the molecule is N#CCC(=O)Nc1ccc(C(=O)OCc2cn3cc(Cl)ccc3n2)cc1. The predicted octanol–water partition coefficient (Wildman–Crippen LogP) is 3.20. The van der Waals surface area contributed by atoms with Crippen molar-refractivity contribution in [2.24, 2.45) is 0 Å². The number of nitrogens with zero attached hydrogens (tertiary/aromatic N) is 3. The molecule has 0 atom stereocenters. The number of nitriles is 1. The quantitative estimate of drug-likeness (QED) is 0.697. The zero-order valence-corrected chi connectivity index (χ0v) is 14.2. The minimum Gasteiger partial charge on any atom is -0.456 e. The van der Waals surface area contributed by atoms with Gasteiger partial charge in [-0.25, -0.2) is 9.78 Å². The smallest absolute Gasteiger partial charge is 0.338 e. The third-order valence-corrected chi connectivity index (χ3v) is 3.68. The van der Waals surface area contributed by atoms with Gasteiger partial charge >= 0.3 is 5.97 Å². The van der Waals surface area contributed by atoms with Crippen LogP contribution in [0.25, 0.3) is 5.65 Å². The van der Waals surface area contributed by atoms with Crippen LogP contribution in [-0.4, -0.2) is 21.3 Å². The molecule has 0 unspecified atom stereocenters. The highest BCUT2D eigenvalue weighted by atomic mass is 35.5. The molecule has 26 heavy (non-hydrogen) atoms. The van der Waals surface area contributed by atoms with Gasteiger partial charge in [-0.2, -0.15) is 5.26 Å². The number of carbonyl (C=O) groups excluding carboxylic acids is 2. The predicted molar refractivity (Wildman–Crippen MR) is 94.6 cm³/mol. The van der Waals surface area contributed by atoms with Gasteiger partial charge in [0.1, 0.15) is 18.7 Å². The van der Waals surface area contributed by atoms with E-state index in [0.717, 1.165) is 0 Å². The summed E-state index contributed by atoms with van der Waals surface area (Å²) in [6, 6.07) is 11.5. The number of pyridine rings is 1. The van der Waals surface area contributed by atoms with E-state index in [1.165, 1.54) is 12.1 Å². The zero-order valence-electron chi connectivity index (χ0n) is 13.5. The van der Waals surface area contributed by atoms with E-state index in [1.807, 2.05) is 0 Å². The topological polar surface area (TPSA) is 96.5 Å². The molecule has 0 aliphatic carbocycles. The summed E-state index contributed by atoms with van der Waals surface area (Å²) in [4.78, 5) is 27.8. The number of nitrogens with one attached hydrogen (secondary N) is 1. The van der Waals surface area contributed by atoms with Gasteiger partial charge in [0.05, 0.1) is 22.3 Å². The van der Waals surface area contributed by atoms with Gasteiger partial charge in [0.25, 0.3) is 0 Å². The van der Waals surface area contributed by atoms with Gasteiger partial charge < -0.3 is 14.5 Å². The lowest BCUT2D eigenvalue weighted by molar-refractivity contribution is -0.115. The molecule has 0 radical (unpaired) electrons. The molecule has 0 aliphatic heterocycles. The second-order valence-electron chi connectivity index (χ2n) is 5.38. The average Bonchev–Trinajstić information content (AvgIpc) is 3.02. The Balaban J connectivity index is 1.60. The average molecular weight is 369 g/mol. The van der Waals surface area contributed by atoms with Gasteiger partial charge in [-0.3, -0.25) is 4.79 Å². The highest BCUT2D eigenvalue weighted by Gasteiger charge is 2.10. The number of aromatic nitrogens is 2. The summed E-state index contributed by atoms with van der Waals surface area (Å²) < 4.78 is 7.01. The fraction of sp³-hybridized carbons (Fsp3) is 0.111. The van der Waals surface area contributed by atoms with Gasteiger partial charge in [-0.15, -0.1) is 0 Å². The van der Waals surface area contributed by atoms with Gasteiger partial charge in [-0.05, 0) is 36.4 Å². The van der Waals surface area contributed by atoms with Crippen LogP contribution in [0.3, 0.4) is 0 Å². The first kappa shape index (κ1) is 17.5. The van der Waals surface area contributed by atoms with Crippen molar-refractivity contribution in [3.8, 4) is 6.07 Å². The van der Waals surface area contributed by atoms with E-state index >= 15 is 0 Å². The lowest BCUT2D eigenvalue weighted by atomic mass is 10.2. The largest absolute Gasteiger partial charge is 0.456 e. The van der Waals surface area contributed by atoms with Crippen LogP contribution in [0.4, 0.5) is 5.69 Å². The van der Waals surface area contributed by atoms with Gasteiger partial charge in [0.15, 0.2) is 0 Å². The van der Waals surface area contributed by atoms with E-state index < -0.39 is 11.9 Å². The fourth-order valence-electron chi connectivity index (χ4n) is 2.28. The number of anilines is 1. The molecule has 2 heterocycles. The number of amides is 1. The number of ether oxygens (including phenoxy) is 1. The molecule has 130 valence electrons. The van der Waals surface area contributed by atoms with Crippen LogP contribution in [0.2, 0.25) is 5.02 Å². The second kappa shape index (κ2) is 7.68. The van der Waals surface area contributed by atoms with Crippen LogP contribution < -0.4 is 5.32 Å². The number of imidazole rings is 1. The molecule has 2 aromatic heterocycles. The van der Waals surface area contributed by atoms with E-state index in [0.29, 0.717) is 27.6 Å². The highest BCUT2D eigenvalue weighted by molar-refractivity contribution is 6.30. The summed E-state index contributed by atoms with van der Waals surface area (Å²) in [5, 5.41) is 11.6. The molecule has 0 bridgehead atoms. The Kier molecular flexibility index (Phi) is 5.15. The fourth-order valence-corrected chi connectivity index (χ4v) is 2.44. The lowest BCUT2D eigenvalue weighted by Crippen LogP contribution is -2.10. The first-order valence-corrected chi connectivity index (χ1v) is 8.00. The Bertz CT molecular complexity index is 1010. The molecule has 8 heteroatoms. The van der Waals surface area contributed by atoms with Crippen molar-refractivity contribution < 1.29 is 14.3 Å². The van der Waals surface area contributed by atoms with Crippen LogP contribution in [0.1, 0.15) is 22.5 Å². The van der Waals surface area contributed by atoms with Crippen molar-refractivity contribution in [1.82, 2.24) is 9.38 Å². The van der Waals surface area contributed by atoms with Crippen LogP contribution in [0, 0.1) is 11.3 Å². The molecule has 3 aromatic rings. The standard InChI is InChI=1S/C18H13ClN4O3/c19-13-3-6-16-21-15(10-23(16)9-13)11-26-18(25)12-1-4-14(5-2-12)22-17(24)7-8-20/h1-6,9-10H,7,11H2,(H,22,24). The van der Waals surface area contributed by atoms with Gasteiger partial charge in [0.2, 0.25) is 5.91 Å². The third-order valence-electron chi connectivity index (χ3n) is 3.46. The van der Waals surface area contributed by atoms with Gasteiger partial charge in [0, 0.05) is 18.1 Å². The van der Waals surface area contributed by atoms with Crippen LogP contribution in [0.5, 0.6) is 0 Å². The minimum atomic E-state index is -0.505. The van der Waals surface area contributed by atoms with E-state index in [4.69, 9.17) is 21.6 Å². The van der Waals surface area contributed by atoms with Gasteiger partial charge in [-0.1, -0.05) is 11.6 Å². The Morgan fingerprint density at radius 3 is 2.69 bits per heavy atom. The maximum absolute atomic E-state index is 12.1. The van der Waals surface area contributed by atoms with Crippen LogP contribution >= 0.6 is 11.6 Å². The molecule has 0 saturated heterocycles. The number of esters is 1. The first-order valence-electron chi connectivity index (χ1n) is 7.62. The highest BCUT2D eigenvalue weighted by Crippen LogP contribution is 2.14. The monoisotopic (exact) mass is 368 g/mol. The molecule has 0 aliphatic rings. The van der Waals surface area contributed by atoms with E-state index in [2.05, 4.69) is 10.3 Å². The molecule has 7 nitrogen and oxygen atoms in total. The van der Waals surface area contributed by atoms with Crippen LogP contribution in [0.15, 0.2) is 48.8 Å². The van der Waals surface area contributed by atoms with E-state index in [9.17, 15) is 9.59 Å². The van der Waals surface area contributed by atoms with Crippen molar-refractivity contribution in [2.45, 2.75) is 13.0 Å². The lowest BCUT2D eigenvalue weighted by Gasteiger charge is -2.05. The summed E-state index contributed by atoms with van der Waals surface area (Å²) in [7, 11) is 0. The number of carbonyl (C=O) groups is 2. The summed E-state index contributed by atoms with van der Waals surface area (Å²) in [6.07, 6.45) is 3.23. The van der Waals surface area contributed by atoms with Crippen molar-refractivity contribution in [3.63, 3.8) is 0 Å². The molecule has 0 spiro atoms. The molecule has 1 amide bonds. The Morgan fingerprint density at radius 1 is 1.19 bits per heavy atom. The Labute approximate surface area is 153 Å². The van der Waals surface area contributed by atoms with E-state index in [-0.39, 0.29) is 13.0 Å². The number of benzene rings is 1. The summed E-state index contributed by atoms with van der Waals surface area (Å²) in [6.45, 7) is 0.0266. The molecular formula is C18H13ClN4O3. The first-order chi connectivity index (χ1) is 12.5. The van der Waals surface area contributed by atoms with Crippen molar-refractivity contribution in [3.05, 3.63) is 65.1 Å². The summed E-state index contributed by atoms with van der Waals surface area (Å²) >= 11 is 5.92.